The van der Waals surface area contributed by atoms with Gasteiger partial charge in [-0.05, 0) is 30.5 Å². The molecule has 0 saturated heterocycles. The molecular weight excluding hydrogens is 336 g/mol. The van der Waals surface area contributed by atoms with Crippen LogP contribution in [0.3, 0.4) is 0 Å². The van der Waals surface area contributed by atoms with Gasteiger partial charge in [-0.3, -0.25) is 4.79 Å². The molecule has 136 valence electrons. The van der Waals surface area contributed by atoms with E-state index in [0.717, 1.165) is 30.4 Å². The second-order valence-electron chi connectivity index (χ2n) is 5.80. The molecular formula is C20H27ClN2O2. The number of halogens is 1. The lowest BCUT2D eigenvalue weighted by atomic mass is 10.1. The van der Waals surface area contributed by atoms with E-state index >= 15 is 0 Å². The van der Waals surface area contributed by atoms with Crippen molar-refractivity contribution in [1.82, 2.24) is 5.32 Å². The molecule has 0 fully saturated rings. The topological polar surface area (TPSA) is 64.3 Å². The maximum atomic E-state index is 12.4. The Morgan fingerprint density at radius 3 is 2.16 bits per heavy atom. The molecule has 0 aliphatic carbocycles. The molecule has 0 aliphatic heterocycles. The minimum Gasteiger partial charge on any atom is -0.460 e. The number of benzene rings is 2. The minimum atomic E-state index is -0.305. The molecule has 3 N–H and O–H groups in total. The molecule has 0 radical (unpaired) electrons. The summed E-state index contributed by atoms with van der Waals surface area (Å²) in [6.07, 6.45) is 2.55. The van der Waals surface area contributed by atoms with Gasteiger partial charge in [-0.2, -0.15) is 0 Å². The summed E-state index contributed by atoms with van der Waals surface area (Å²) < 4.78 is 5.48. The van der Waals surface area contributed by atoms with Gasteiger partial charge in [-0.15, -0.1) is 12.4 Å². The van der Waals surface area contributed by atoms with Gasteiger partial charge in [0.1, 0.15) is 12.6 Å². The number of esters is 1. The fourth-order valence-electron chi connectivity index (χ4n) is 2.46. The molecule has 0 aromatic heterocycles. The van der Waals surface area contributed by atoms with Crippen LogP contribution >= 0.6 is 12.4 Å². The van der Waals surface area contributed by atoms with E-state index in [2.05, 4.69) is 5.32 Å². The average molecular weight is 363 g/mol. The lowest BCUT2D eigenvalue weighted by molar-refractivity contribution is -0.147. The number of carbonyl (C=O) groups excluding carboxylic acids is 1. The number of nitrogens with one attached hydrogen (secondary N) is 1. The highest BCUT2D eigenvalue weighted by Crippen LogP contribution is 2.08. The molecule has 0 aliphatic rings. The summed E-state index contributed by atoms with van der Waals surface area (Å²) in [6, 6.07) is 19.5. The molecule has 5 heteroatoms. The van der Waals surface area contributed by atoms with E-state index in [-0.39, 0.29) is 24.4 Å². The van der Waals surface area contributed by atoms with Crippen molar-refractivity contribution in [2.45, 2.75) is 38.5 Å². The van der Waals surface area contributed by atoms with Gasteiger partial charge < -0.3 is 15.8 Å². The smallest absolute Gasteiger partial charge is 0.323 e. The summed E-state index contributed by atoms with van der Waals surface area (Å²) in [6.45, 7) is 1.60. The van der Waals surface area contributed by atoms with E-state index in [1.807, 2.05) is 60.7 Å². The van der Waals surface area contributed by atoms with Gasteiger partial charge in [0.15, 0.2) is 0 Å². The fraction of sp³-hybridized carbons (Fsp3) is 0.350. The van der Waals surface area contributed by atoms with Crippen LogP contribution in [0.5, 0.6) is 0 Å². The average Bonchev–Trinajstić information content (AvgIpc) is 2.64. The van der Waals surface area contributed by atoms with Crippen molar-refractivity contribution in [1.29, 1.82) is 0 Å². The third-order valence-corrected chi connectivity index (χ3v) is 3.85. The Balaban J connectivity index is 0.00000312. The van der Waals surface area contributed by atoms with Crippen molar-refractivity contribution in [2.24, 2.45) is 5.73 Å². The molecule has 0 unspecified atom stereocenters. The van der Waals surface area contributed by atoms with Crippen LogP contribution in [0.1, 0.15) is 30.4 Å². The van der Waals surface area contributed by atoms with E-state index in [1.54, 1.807) is 0 Å². The molecule has 0 bridgehead atoms. The van der Waals surface area contributed by atoms with Crippen molar-refractivity contribution < 1.29 is 9.53 Å². The first kappa shape index (κ1) is 21.2. The normalized spacial score (nSPS) is 11.4. The first-order chi connectivity index (χ1) is 11.8. The monoisotopic (exact) mass is 362 g/mol. The van der Waals surface area contributed by atoms with Crippen molar-refractivity contribution >= 4 is 18.4 Å². The summed E-state index contributed by atoms with van der Waals surface area (Å²) in [5.74, 6) is -0.202. The molecule has 1 atom stereocenters. The number of ether oxygens (including phenoxy) is 1. The van der Waals surface area contributed by atoms with Crippen LogP contribution < -0.4 is 11.1 Å². The molecule has 0 heterocycles. The summed E-state index contributed by atoms with van der Waals surface area (Å²) in [5, 5.41) is 3.32. The largest absolute Gasteiger partial charge is 0.460 e. The maximum Gasteiger partial charge on any atom is 0.323 e. The highest BCUT2D eigenvalue weighted by atomic mass is 35.5. The highest BCUT2D eigenvalue weighted by molar-refractivity contribution is 5.85. The van der Waals surface area contributed by atoms with Gasteiger partial charge in [-0.25, -0.2) is 0 Å². The van der Waals surface area contributed by atoms with Crippen LogP contribution in [-0.4, -0.2) is 18.6 Å². The number of rotatable bonds is 10. The summed E-state index contributed by atoms with van der Waals surface area (Å²) in [7, 11) is 0. The Morgan fingerprint density at radius 1 is 0.960 bits per heavy atom. The molecule has 0 saturated carbocycles. The lowest BCUT2D eigenvalue weighted by Gasteiger charge is -2.18. The zero-order chi connectivity index (χ0) is 17.0. The van der Waals surface area contributed by atoms with Gasteiger partial charge in [0.2, 0.25) is 0 Å². The van der Waals surface area contributed by atoms with Crippen LogP contribution in [0.4, 0.5) is 0 Å². The first-order valence-electron chi connectivity index (χ1n) is 8.47. The third kappa shape index (κ3) is 8.16. The lowest BCUT2D eigenvalue weighted by Crippen LogP contribution is -2.37. The Kier molecular flexibility index (Phi) is 10.6. The summed E-state index contributed by atoms with van der Waals surface area (Å²) in [4.78, 5) is 12.4. The summed E-state index contributed by atoms with van der Waals surface area (Å²) in [5.41, 5.74) is 7.70. The van der Waals surface area contributed by atoms with E-state index in [4.69, 9.17) is 10.5 Å². The number of unbranched alkanes of at least 4 members (excludes halogenated alkanes) is 1. The molecule has 2 aromatic rings. The maximum absolute atomic E-state index is 12.4. The fourth-order valence-corrected chi connectivity index (χ4v) is 2.46. The molecule has 25 heavy (non-hydrogen) atoms. The molecule has 0 spiro atoms. The van der Waals surface area contributed by atoms with Crippen LogP contribution in [0.2, 0.25) is 0 Å². The third-order valence-electron chi connectivity index (χ3n) is 3.85. The highest BCUT2D eigenvalue weighted by Gasteiger charge is 2.19. The van der Waals surface area contributed by atoms with Gasteiger partial charge in [0.25, 0.3) is 0 Å². The van der Waals surface area contributed by atoms with E-state index in [1.165, 1.54) is 0 Å². The SMILES string of the molecule is Cl.NCCCC[C@H](NCc1ccccc1)C(=O)OCc1ccccc1. The molecule has 0 amide bonds. The van der Waals surface area contributed by atoms with Gasteiger partial charge >= 0.3 is 5.97 Å². The molecule has 2 aromatic carbocycles. The second-order valence-corrected chi connectivity index (χ2v) is 5.80. The zero-order valence-corrected chi connectivity index (χ0v) is 15.2. The predicted molar refractivity (Wildman–Crippen MR) is 103 cm³/mol. The Labute approximate surface area is 156 Å². The Morgan fingerprint density at radius 2 is 1.56 bits per heavy atom. The number of nitrogens with two attached hydrogens (primary N) is 1. The van der Waals surface area contributed by atoms with E-state index in [9.17, 15) is 4.79 Å². The quantitative estimate of drug-likeness (QED) is 0.502. The number of hydrogen-bond acceptors (Lipinski definition) is 4. The van der Waals surface area contributed by atoms with Crippen LogP contribution in [0, 0.1) is 0 Å². The van der Waals surface area contributed by atoms with Crippen LogP contribution in [0.25, 0.3) is 0 Å². The van der Waals surface area contributed by atoms with Crippen molar-refractivity contribution in [3.63, 3.8) is 0 Å². The van der Waals surface area contributed by atoms with Crippen LogP contribution in [-0.2, 0) is 22.7 Å². The molecule has 4 nitrogen and oxygen atoms in total. The predicted octanol–water partition coefficient (Wildman–Crippen LogP) is 3.44. The van der Waals surface area contributed by atoms with Gasteiger partial charge in [0.05, 0.1) is 0 Å². The van der Waals surface area contributed by atoms with E-state index in [0.29, 0.717) is 19.7 Å². The number of hydrogen-bond donors (Lipinski definition) is 2. The Bertz CT molecular complexity index is 593. The zero-order valence-electron chi connectivity index (χ0n) is 14.4. The van der Waals surface area contributed by atoms with Crippen molar-refractivity contribution in [2.75, 3.05) is 6.54 Å². The summed E-state index contributed by atoms with van der Waals surface area (Å²) >= 11 is 0. The van der Waals surface area contributed by atoms with Gasteiger partial charge in [-0.1, -0.05) is 67.1 Å². The van der Waals surface area contributed by atoms with E-state index < -0.39 is 0 Å². The van der Waals surface area contributed by atoms with Crippen molar-refractivity contribution in [3.8, 4) is 0 Å². The Hall–Kier alpha value is -1.88. The number of carbonyl (C=O) groups is 1. The van der Waals surface area contributed by atoms with Crippen molar-refractivity contribution in [3.05, 3.63) is 71.8 Å². The first-order valence-corrected chi connectivity index (χ1v) is 8.47. The second kappa shape index (κ2) is 12.5. The molecule has 2 rings (SSSR count). The standard InChI is InChI=1S/C20H26N2O2.ClH/c21-14-8-7-13-19(22-15-17-9-3-1-4-10-17)20(23)24-16-18-11-5-2-6-12-18;/h1-6,9-12,19,22H,7-8,13-16,21H2;1H/t19-;/m0./s1. The van der Waals surface area contributed by atoms with Crippen LogP contribution in [0.15, 0.2) is 60.7 Å². The minimum absolute atomic E-state index is 0. The van der Waals surface area contributed by atoms with Gasteiger partial charge in [0, 0.05) is 6.54 Å².